The molecule has 2 nitrogen and oxygen atoms in total. The Hall–Kier alpha value is -0.610. The van der Waals surface area contributed by atoms with Crippen LogP contribution in [0.1, 0.15) is 112 Å². The summed E-state index contributed by atoms with van der Waals surface area (Å²) in [5.74, 6) is 0.141. The minimum absolute atomic E-state index is 0.141. The number of unbranched alkanes of at least 4 members (excludes halogenated alkanes) is 9. The molecule has 186 valence electrons. The normalized spacial score (nSPS) is 20.0. The van der Waals surface area contributed by atoms with Gasteiger partial charge in [-0.3, -0.25) is 4.79 Å². The molecule has 1 heterocycles. The highest BCUT2D eigenvalue weighted by atomic mass is 35.6. The first-order chi connectivity index (χ1) is 16.4. The number of nitrogens with zero attached hydrogens (tertiary/aromatic N) is 1. The summed E-state index contributed by atoms with van der Waals surface area (Å²) < 4.78 is -1.47. The molecule has 0 radical (unpaired) electrons. The number of ketones is 1. The van der Waals surface area contributed by atoms with Crippen molar-refractivity contribution in [2.75, 3.05) is 6.54 Å². The van der Waals surface area contributed by atoms with Gasteiger partial charge < -0.3 is 4.90 Å². The first-order valence-corrected chi connectivity index (χ1v) is 15.0. The standard InChI is InChI=1S/C28H36Cl3NOS/c1-2-3-4-5-6-7-8-9-10-11-17-32-24-13-12-14-25(24)34-27(32)23-19-20-18-21(28(29,30)31)15-16-22(20)26(23)33/h15-16,18H,2-14,17,19H2,1H3. The number of thioether (sulfide) groups is 1. The van der Waals surface area contributed by atoms with Crippen molar-refractivity contribution in [2.45, 2.75) is 101 Å². The minimum Gasteiger partial charge on any atom is -0.339 e. The number of benzene rings is 1. The van der Waals surface area contributed by atoms with Crippen LogP contribution in [-0.4, -0.2) is 17.2 Å². The minimum atomic E-state index is -1.47. The van der Waals surface area contributed by atoms with Gasteiger partial charge in [-0.1, -0.05) is 129 Å². The number of fused-ring (bicyclic) bond motifs is 1. The van der Waals surface area contributed by atoms with Crippen molar-refractivity contribution in [3.05, 3.63) is 56.1 Å². The van der Waals surface area contributed by atoms with E-state index < -0.39 is 3.79 Å². The highest BCUT2D eigenvalue weighted by molar-refractivity contribution is 8.07. The second-order valence-electron chi connectivity index (χ2n) is 9.82. The quantitative estimate of drug-likeness (QED) is 0.158. The van der Waals surface area contributed by atoms with Crippen LogP contribution in [0, 0.1) is 0 Å². The molecule has 1 aromatic rings. The van der Waals surface area contributed by atoms with Gasteiger partial charge in [0.2, 0.25) is 3.79 Å². The smallest absolute Gasteiger partial charge is 0.216 e. The molecule has 0 unspecified atom stereocenters. The SMILES string of the molecule is CCCCCCCCCCCCN1C2=C(CCC2)SC1=C1Cc2cc(C(Cl)(Cl)Cl)ccc2C1=O. The third-order valence-corrected chi connectivity index (χ3v) is 9.24. The molecule has 0 bridgehead atoms. The van der Waals surface area contributed by atoms with Gasteiger partial charge in [-0.25, -0.2) is 0 Å². The Balaban J connectivity index is 1.36. The fourth-order valence-electron chi connectivity index (χ4n) is 5.35. The number of allylic oxidation sites excluding steroid dienone is 3. The molecule has 2 aliphatic carbocycles. The molecule has 0 aromatic heterocycles. The second kappa shape index (κ2) is 12.1. The first kappa shape index (κ1) is 26.5. The van der Waals surface area contributed by atoms with Crippen molar-refractivity contribution in [1.82, 2.24) is 4.90 Å². The highest BCUT2D eigenvalue weighted by Gasteiger charge is 2.37. The molecular formula is C28H36Cl3NOS. The molecule has 0 atom stereocenters. The van der Waals surface area contributed by atoms with Crippen LogP contribution in [0.25, 0.3) is 0 Å². The maximum atomic E-state index is 13.3. The zero-order valence-corrected chi connectivity index (χ0v) is 23.3. The van der Waals surface area contributed by atoms with Crippen LogP contribution in [0.5, 0.6) is 0 Å². The molecule has 0 amide bonds. The van der Waals surface area contributed by atoms with E-state index in [9.17, 15) is 4.79 Å². The topological polar surface area (TPSA) is 20.3 Å². The number of alkyl halides is 3. The van der Waals surface area contributed by atoms with Gasteiger partial charge >= 0.3 is 0 Å². The van der Waals surface area contributed by atoms with Gasteiger partial charge in [0.25, 0.3) is 0 Å². The lowest BCUT2D eigenvalue weighted by molar-refractivity contribution is 0.103. The lowest BCUT2D eigenvalue weighted by Crippen LogP contribution is -2.21. The molecule has 0 saturated heterocycles. The largest absolute Gasteiger partial charge is 0.339 e. The van der Waals surface area contributed by atoms with Crippen LogP contribution in [-0.2, 0) is 10.2 Å². The predicted molar refractivity (Wildman–Crippen MR) is 148 cm³/mol. The van der Waals surface area contributed by atoms with E-state index in [1.165, 1.54) is 81.2 Å². The Morgan fingerprint density at radius 2 is 1.62 bits per heavy atom. The van der Waals surface area contributed by atoms with Gasteiger partial charge in [-0.15, -0.1) is 0 Å². The molecule has 0 N–H and O–H groups in total. The zero-order valence-electron chi connectivity index (χ0n) is 20.2. The number of halogens is 3. The van der Waals surface area contributed by atoms with Crippen LogP contribution in [0.2, 0.25) is 0 Å². The van der Waals surface area contributed by atoms with E-state index >= 15 is 0 Å². The number of hydrogen-bond acceptors (Lipinski definition) is 3. The van der Waals surface area contributed by atoms with E-state index in [4.69, 9.17) is 34.8 Å². The van der Waals surface area contributed by atoms with Crippen LogP contribution in [0.15, 0.2) is 39.4 Å². The van der Waals surface area contributed by atoms with Crippen molar-refractivity contribution in [3.63, 3.8) is 0 Å². The maximum absolute atomic E-state index is 13.3. The van der Waals surface area contributed by atoms with E-state index in [0.717, 1.165) is 41.1 Å². The van der Waals surface area contributed by atoms with Crippen molar-refractivity contribution in [1.29, 1.82) is 0 Å². The fraction of sp³-hybridized carbons (Fsp3) is 0.607. The average molecular weight is 541 g/mol. The van der Waals surface area contributed by atoms with Gasteiger partial charge in [0, 0.05) is 40.3 Å². The molecule has 0 spiro atoms. The molecule has 3 aliphatic rings. The van der Waals surface area contributed by atoms with Crippen molar-refractivity contribution >= 4 is 52.3 Å². The molecule has 0 fully saturated rings. The van der Waals surface area contributed by atoms with Crippen molar-refractivity contribution in [2.24, 2.45) is 0 Å². The molecule has 1 aliphatic heterocycles. The van der Waals surface area contributed by atoms with Gasteiger partial charge in [0.1, 0.15) is 0 Å². The number of carbonyl (C=O) groups is 1. The van der Waals surface area contributed by atoms with Crippen LogP contribution in [0.4, 0.5) is 0 Å². The molecule has 4 rings (SSSR count). The summed E-state index contributed by atoms with van der Waals surface area (Å²) in [5, 5.41) is 1.16. The van der Waals surface area contributed by atoms with Gasteiger partial charge in [0.05, 0.1) is 5.03 Å². The first-order valence-electron chi connectivity index (χ1n) is 13.1. The molecule has 1 aromatic carbocycles. The Labute approximate surface area is 224 Å². The Kier molecular flexibility index (Phi) is 9.40. The maximum Gasteiger partial charge on any atom is 0.216 e. The Bertz CT molecular complexity index is 963. The fourth-order valence-corrected chi connectivity index (χ4v) is 7.11. The van der Waals surface area contributed by atoms with Crippen LogP contribution < -0.4 is 0 Å². The van der Waals surface area contributed by atoms with Gasteiger partial charge in [-0.05, 0) is 31.2 Å². The van der Waals surface area contributed by atoms with E-state index in [1.54, 1.807) is 6.07 Å². The number of rotatable bonds is 11. The zero-order chi connectivity index (χ0) is 24.1. The third-order valence-electron chi connectivity index (χ3n) is 7.24. The lowest BCUT2D eigenvalue weighted by Gasteiger charge is -2.24. The van der Waals surface area contributed by atoms with E-state index in [0.29, 0.717) is 12.0 Å². The average Bonchev–Trinajstić information content (AvgIpc) is 3.48. The summed E-state index contributed by atoms with van der Waals surface area (Å²) in [5.41, 5.74) is 4.74. The summed E-state index contributed by atoms with van der Waals surface area (Å²) in [7, 11) is 0. The number of carbonyl (C=O) groups excluding carboxylic acids is 1. The van der Waals surface area contributed by atoms with Crippen molar-refractivity contribution < 1.29 is 4.79 Å². The summed E-state index contributed by atoms with van der Waals surface area (Å²) in [4.78, 5) is 17.3. The summed E-state index contributed by atoms with van der Waals surface area (Å²) in [6.45, 7) is 3.29. The third kappa shape index (κ3) is 6.20. The van der Waals surface area contributed by atoms with Crippen LogP contribution in [0.3, 0.4) is 0 Å². The summed E-state index contributed by atoms with van der Waals surface area (Å²) in [6.07, 6.45) is 17.5. The Morgan fingerprint density at radius 1 is 0.941 bits per heavy atom. The van der Waals surface area contributed by atoms with Crippen LogP contribution >= 0.6 is 46.6 Å². The second-order valence-corrected chi connectivity index (χ2v) is 13.2. The summed E-state index contributed by atoms with van der Waals surface area (Å²) in [6, 6.07) is 5.48. The van der Waals surface area contributed by atoms with Gasteiger partial charge in [0.15, 0.2) is 5.78 Å². The molecule has 0 saturated carbocycles. The monoisotopic (exact) mass is 539 g/mol. The van der Waals surface area contributed by atoms with Crippen molar-refractivity contribution in [3.8, 4) is 0 Å². The number of hydrogen-bond donors (Lipinski definition) is 0. The van der Waals surface area contributed by atoms with E-state index in [-0.39, 0.29) is 5.78 Å². The predicted octanol–water partition coefficient (Wildman–Crippen LogP) is 9.83. The van der Waals surface area contributed by atoms with E-state index in [2.05, 4.69) is 11.8 Å². The molecule has 34 heavy (non-hydrogen) atoms. The van der Waals surface area contributed by atoms with E-state index in [1.807, 2.05) is 23.9 Å². The molecule has 6 heteroatoms. The molecular weight excluding hydrogens is 505 g/mol. The highest BCUT2D eigenvalue weighted by Crippen LogP contribution is 2.52. The summed E-state index contributed by atoms with van der Waals surface area (Å²) >= 11 is 20.1. The Morgan fingerprint density at radius 3 is 2.29 bits per heavy atom. The lowest BCUT2D eigenvalue weighted by atomic mass is 10.1. The van der Waals surface area contributed by atoms with Gasteiger partial charge in [-0.2, -0.15) is 0 Å². The number of Topliss-reactive ketones (excluding diaryl/α,β-unsaturated/α-hetero) is 1.